The van der Waals surface area contributed by atoms with Crippen LogP contribution in [0.4, 0.5) is 5.82 Å². The average molecular weight is 234 g/mol. The highest BCUT2D eigenvalue weighted by Crippen LogP contribution is 2.28. The second kappa shape index (κ2) is 4.88. The van der Waals surface area contributed by atoms with Crippen LogP contribution < -0.4 is 10.5 Å². The maximum Gasteiger partial charge on any atom is 0.169 e. The lowest BCUT2D eigenvalue weighted by Gasteiger charge is -2.08. The molecule has 0 aliphatic heterocycles. The second-order valence-corrected chi connectivity index (χ2v) is 3.57. The van der Waals surface area contributed by atoms with Gasteiger partial charge in [-0.25, -0.2) is 0 Å². The van der Waals surface area contributed by atoms with Crippen molar-refractivity contribution in [2.75, 3.05) is 20.0 Å². The molecule has 2 aromatic rings. The van der Waals surface area contributed by atoms with Crippen LogP contribution in [0.2, 0.25) is 0 Å². The fourth-order valence-electron chi connectivity index (χ4n) is 1.63. The highest BCUT2D eigenvalue weighted by atomic mass is 16.5. The first-order chi connectivity index (χ1) is 8.24. The molecule has 0 aliphatic carbocycles. The Hall–Kier alpha value is -2.01. The Bertz CT molecular complexity index is 508. The van der Waals surface area contributed by atoms with E-state index in [0.29, 0.717) is 18.2 Å². The molecule has 0 amide bonds. The molecule has 1 aromatic carbocycles. The number of ether oxygens (including phenoxy) is 2. The minimum atomic E-state index is 0.360. The van der Waals surface area contributed by atoms with Gasteiger partial charge in [-0.15, -0.1) is 0 Å². The summed E-state index contributed by atoms with van der Waals surface area (Å²) in [6, 6.07) is 7.33. The second-order valence-electron chi connectivity index (χ2n) is 3.57. The summed E-state index contributed by atoms with van der Waals surface area (Å²) < 4.78 is 15.5. The molecule has 0 saturated carbocycles. The number of aromatic nitrogens is 1. The Kier molecular flexibility index (Phi) is 3.30. The topological polar surface area (TPSA) is 70.5 Å². The lowest BCUT2D eigenvalue weighted by Crippen LogP contribution is -1.93. The van der Waals surface area contributed by atoms with Crippen LogP contribution in [0.5, 0.6) is 5.75 Å². The lowest BCUT2D eigenvalue weighted by atomic mass is 10.1. The predicted octanol–water partition coefficient (Wildman–Crippen LogP) is 2.08. The van der Waals surface area contributed by atoms with Crippen LogP contribution in [-0.4, -0.2) is 19.4 Å². The Morgan fingerprint density at radius 1 is 1.29 bits per heavy atom. The van der Waals surface area contributed by atoms with Crippen molar-refractivity contribution >= 4 is 5.82 Å². The first-order valence-electron chi connectivity index (χ1n) is 5.13. The number of nitrogens with two attached hydrogens (primary N) is 1. The monoisotopic (exact) mass is 234 g/mol. The highest BCUT2D eigenvalue weighted by Gasteiger charge is 2.11. The molecule has 0 radical (unpaired) electrons. The fourth-order valence-corrected chi connectivity index (χ4v) is 1.63. The van der Waals surface area contributed by atoms with Crippen LogP contribution in [0.3, 0.4) is 0 Å². The van der Waals surface area contributed by atoms with Gasteiger partial charge in [0.25, 0.3) is 0 Å². The quantitative estimate of drug-likeness (QED) is 0.876. The van der Waals surface area contributed by atoms with E-state index in [1.165, 1.54) is 0 Å². The third-order valence-corrected chi connectivity index (χ3v) is 2.41. The number of anilines is 1. The van der Waals surface area contributed by atoms with Gasteiger partial charge in [0.15, 0.2) is 11.6 Å². The zero-order valence-corrected chi connectivity index (χ0v) is 9.77. The molecule has 0 spiro atoms. The standard InChI is InChI=1S/C12H14N2O3/c1-15-7-8-5-9(16-2)3-4-10(8)11-6-12(13)14-17-11/h3-6H,7H2,1-2H3,(H2,13,14). The minimum Gasteiger partial charge on any atom is -0.497 e. The molecule has 0 fully saturated rings. The van der Waals surface area contributed by atoms with E-state index in [-0.39, 0.29) is 0 Å². The Morgan fingerprint density at radius 2 is 2.12 bits per heavy atom. The summed E-state index contributed by atoms with van der Waals surface area (Å²) >= 11 is 0. The number of nitrogens with zero attached hydrogens (tertiary/aromatic N) is 1. The van der Waals surface area contributed by atoms with Crippen molar-refractivity contribution in [1.29, 1.82) is 0 Å². The third kappa shape index (κ3) is 2.39. The molecule has 5 heteroatoms. The van der Waals surface area contributed by atoms with Crippen LogP contribution >= 0.6 is 0 Å². The largest absolute Gasteiger partial charge is 0.497 e. The van der Waals surface area contributed by atoms with Crippen molar-refractivity contribution in [1.82, 2.24) is 5.16 Å². The lowest BCUT2D eigenvalue weighted by molar-refractivity contribution is 0.185. The molecule has 0 aliphatic rings. The van der Waals surface area contributed by atoms with Crippen LogP contribution in [0.25, 0.3) is 11.3 Å². The molecule has 0 atom stereocenters. The number of benzene rings is 1. The number of methoxy groups -OCH3 is 2. The van der Waals surface area contributed by atoms with E-state index in [4.69, 9.17) is 19.7 Å². The number of hydrogen-bond donors (Lipinski definition) is 1. The van der Waals surface area contributed by atoms with Crippen molar-refractivity contribution < 1.29 is 14.0 Å². The van der Waals surface area contributed by atoms with Gasteiger partial charge in [0, 0.05) is 18.7 Å². The van der Waals surface area contributed by atoms with Gasteiger partial charge in [-0.05, 0) is 23.8 Å². The van der Waals surface area contributed by atoms with Gasteiger partial charge in [0.1, 0.15) is 5.75 Å². The first kappa shape index (κ1) is 11.5. The zero-order valence-electron chi connectivity index (χ0n) is 9.77. The van der Waals surface area contributed by atoms with Crippen molar-refractivity contribution in [2.45, 2.75) is 6.61 Å². The van der Waals surface area contributed by atoms with Crippen LogP contribution in [0, 0.1) is 0 Å². The molecule has 0 unspecified atom stereocenters. The SMILES string of the molecule is COCc1cc(OC)ccc1-c1cc(N)no1. The van der Waals surface area contributed by atoms with E-state index >= 15 is 0 Å². The zero-order chi connectivity index (χ0) is 12.3. The van der Waals surface area contributed by atoms with Gasteiger partial charge in [-0.3, -0.25) is 0 Å². The summed E-state index contributed by atoms with van der Waals surface area (Å²) in [7, 11) is 3.26. The summed E-state index contributed by atoms with van der Waals surface area (Å²) in [5.41, 5.74) is 7.40. The van der Waals surface area contributed by atoms with Gasteiger partial charge in [0.2, 0.25) is 0 Å². The smallest absolute Gasteiger partial charge is 0.169 e. The van der Waals surface area contributed by atoms with Crippen LogP contribution in [0.15, 0.2) is 28.8 Å². The molecule has 17 heavy (non-hydrogen) atoms. The van der Waals surface area contributed by atoms with Crippen molar-refractivity contribution in [3.63, 3.8) is 0 Å². The van der Waals surface area contributed by atoms with Gasteiger partial charge in [-0.1, -0.05) is 5.16 Å². The molecule has 0 saturated heterocycles. The number of nitrogen functional groups attached to an aromatic ring is 1. The van der Waals surface area contributed by atoms with Crippen LogP contribution in [0.1, 0.15) is 5.56 Å². The molecule has 1 heterocycles. The van der Waals surface area contributed by atoms with Gasteiger partial charge >= 0.3 is 0 Å². The van der Waals surface area contributed by atoms with Gasteiger partial charge in [0.05, 0.1) is 13.7 Å². The van der Waals surface area contributed by atoms with E-state index in [1.54, 1.807) is 20.3 Å². The Balaban J connectivity index is 2.45. The predicted molar refractivity (Wildman–Crippen MR) is 63.6 cm³/mol. The minimum absolute atomic E-state index is 0.360. The third-order valence-electron chi connectivity index (χ3n) is 2.41. The van der Waals surface area contributed by atoms with Crippen LogP contribution in [-0.2, 0) is 11.3 Å². The average Bonchev–Trinajstić information content (AvgIpc) is 2.76. The summed E-state index contributed by atoms with van der Waals surface area (Å²) in [6.45, 7) is 0.465. The Morgan fingerprint density at radius 3 is 2.71 bits per heavy atom. The summed E-state index contributed by atoms with van der Waals surface area (Å²) in [5, 5.41) is 3.67. The molecule has 90 valence electrons. The normalized spacial score (nSPS) is 10.5. The summed E-state index contributed by atoms with van der Waals surface area (Å²) in [6.07, 6.45) is 0. The molecular formula is C12H14N2O3. The van der Waals surface area contributed by atoms with Gasteiger partial charge in [-0.2, -0.15) is 0 Å². The van der Waals surface area contributed by atoms with E-state index in [1.807, 2.05) is 18.2 Å². The van der Waals surface area contributed by atoms with E-state index < -0.39 is 0 Å². The highest BCUT2D eigenvalue weighted by molar-refractivity contribution is 5.65. The van der Waals surface area contributed by atoms with Gasteiger partial charge < -0.3 is 19.7 Å². The molecule has 0 bridgehead atoms. The van der Waals surface area contributed by atoms with Crippen molar-refractivity contribution in [3.05, 3.63) is 29.8 Å². The maximum absolute atomic E-state index is 5.54. The number of rotatable bonds is 4. The molecule has 2 rings (SSSR count). The van der Waals surface area contributed by atoms with E-state index in [2.05, 4.69) is 5.16 Å². The summed E-state index contributed by atoms with van der Waals surface area (Å²) in [4.78, 5) is 0. The van der Waals surface area contributed by atoms with E-state index in [9.17, 15) is 0 Å². The molecule has 5 nitrogen and oxygen atoms in total. The van der Waals surface area contributed by atoms with Crippen molar-refractivity contribution in [3.8, 4) is 17.1 Å². The molecular weight excluding hydrogens is 220 g/mol. The summed E-state index contributed by atoms with van der Waals surface area (Å²) in [5.74, 6) is 1.75. The van der Waals surface area contributed by atoms with E-state index in [0.717, 1.165) is 16.9 Å². The molecule has 1 aromatic heterocycles. The number of hydrogen-bond acceptors (Lipinski definition) is 5. The first-order valence-corrected chi connectivity index (χ1v) is 5.13. The maximum atomic E-state index is 5.54. The van der Waals surface area contributed by atoms with Crippen molar-refractivity contribution in [2.24, 2.45) is 0 Å². The fraction of sp³-hybridized carbons (Fsp3) is 0.250. The Labute approximate surface area is 99.1 Å². The molecule has 2 N–H and O–H groups in total.